The fourth-order valence-corrected chi connectivity index (χ4v) is 11.7. The molecule has 0 amide bonds. The number of aromatic nitrogens is 4. The summed E-state index contributed by atoms with van der Waals surface area (Å²) in [6, 6.07) is 37.8. The Morgan fingerprint density at radius 1 is 0.583 bits per heavy atom. The van der Waals surface area contributed by atoms with Crippen molar-refractivity contribution >= 4 is 32.8 Å². The second kappa shape index (κ2) is 17.8. The maximum absolute atomic E-state index is 9.52. The number of pyridine rings is 1. The third kappa shape index (κ3) is 7.99. The molecule has 6 heteroatoms. The SMILES string of the molecule is [2H]c1c([2H])c([2H])c(-c2cc3c(c(-c4c([2H])c([2H])c([2H])c([2H])c4[2H])c2-n2[c](=[Pt])n(-c4cccc(Oc5ccc6c7ccccc7n(-c7cc(C)c(-c8ccc(C(C)(C)C)cc8)cn7)c6c5)c4)c4ccccc42)CC(C(C)(C)C)C3)c([2H])c1[2H]. The molecular weight excluding hydrogens is 1060 g/mol. The average molecular weight is 1130 g/mol. The molecule has 0 saturated carbocycles. The Morgan fingerprint density at radius 2 is 1.24 bits per heavy atom. The Bertz CT molecular complexity index is 4510. The van der Waals surface area contributed by atoms with E-state index in [4.69, 9.17) is 17.9 Å². The number of para-hydroxylation sites is 3. The number of nitrogens with zero attached hydrogens (tertiary/aromatic N) is 4. The van der Waals surface area contributed by atoms with E-state index in [1.807, 2.05) is 94.2 Å². The summed E-state index contributed by atoms with van der Waals surface area (Å²) < 4.78 is 104. The number of fused-ring (bicyclic) bond motifs is 5. The van der Waals surface area contributed by atoms with Crippen LogP contribution in [0.3, 0.4) is 0 Å². The van der Waals surface area contributed by atoms with Gasteiger partial charge >= 0.3 is 352 Å². The summed E-state index contributed by atoms with van der Waals surface area (Å²) in [5.74, 6) is 1.98. The van der Waals surface area contributed by atoms with E-state index in [1.165, 1.54) is 5.56 Å². The van der Waals surface area contributed by atoms with Crippen LogP contribution in [0.5, 0.6) is 11.5 Å². The van der Waals surface area contributed by atoms with Crippen LogP contribution in [0, 0.1) is 22.1 Å². The van der Waals surface area contributed by atoms with Gasteiger partial charge < -0.3 is 0 Å². The van der Waals surface area contributed by atoms with Crippen molar-refractivity contribution in [3.05, 3.63) is 220 Å². The van der Waals surface area contributed by atoms with Crippen molar-refractivity contribution in [1.29, 1.82) is 0 Å². The predicted octanol–water partition coefficient (Wildman–Crippen LogP) is 17.2. The normalized spacial score (nSPS) is 15.8. The third-order valence-corrected chi connectivity index (χ3v) is 15.4. The number of hydrogen-bond donors (Lipinski definition) is 0. The van der Waals surface area contributed by atoms with Gasteiger partial charge in [0.15, 0.2) is 0 Å². The molecular formula is C66H58N4OPt. The summed E-state index contributed by atoms with van der Waals surface area (Å²) in [5, 5.41) is 2.12. The summed E-state index contributed by atoms with van der Waals surface area (Å²) in [7, 11) is 0. The molecule has 1 aliphatic rings. The molecule has 1 aliphatic carbocycles. The predicted molar refractivity (Wildman–Crippen MR) is 295 cm³/mol. The molecule has 11 aromatic rings. The van der Waals surface area contributed by atoms with E-state index < -0.39 is 60.4 Å². The molecule has 0 N–H and O–H groups in total. The number of imidazole rings is 1. The van der Waals surface area contributed by atoms with Gasteiger partial charge in [-0.05, 0) is 29.0 Å². The van der Waals surface area contributed by atoms with Crippen molar-refractivity contribution in [2.24, 2.45) is 11.3 Å². The molecule has 3 aromatic heterocycles. The Labute approximate surface area is 447 Å². The van der Waals surface area contributed by atoms with Crippen LogP contribution in [0.15, 0.2) is 194 Å². The van der Waals surface area contributed by atoms with Crippen molar-refractivity contribution in [3.8, 4) is 62.1 Å². The number of benzene rings is 8. The summed E-state index contributed by atoms with van der Waals surface area (Å²) in [5.41, 5.74) is 10.9. The van der Waals surface area contributed by atoms with Crippen LogP contribution in [0.1, 0.15) is 77.5 Å². The molecule has 1 unspecified atom stereocenters. The fraction of sp³-hybridized carbons (Fsp3) is 0.182. The first-order valence-corrected chi connectivity index (χ1v) is 25.5. The van der Waals surface area contributed by atoms with Gasteiger partial charge in [-0.1, -0.05) is 57.2 Å². The fourth-order valence-electron chi connectivity index (χ4n) is 10.6. The Kier molecular flexibility index (Phi) is 8.81. The van der Waals surface area contributed by atoms with Crippen molar-refractivity contribution < 1.29 is 37.8 Å². The molecule has 0 bridgehead atoms. The van der Waals surface area contributed by atoms with Gasteiger partial charge in [0, 0.05) is 11.8 Å². The second-order valence-corrected chi connectivity index (χ2v) is 22.0. The number of aryl methyl sites for hydroxylation is 1. The van der Waals surface area contributed by atoms with Gasteiger partial charge in [-0.2, -0.15) is 0 Å². The maximum atomic E-state index is 9.52. The van der Waals surface area contributed by atoms with Gasteiger partial charge in [0.25, 0.3) is 0 Å². The number of hydrogen-bond acceptors (Lipinski definition) is 2. The van der Waals surface area contributed by atoms with Crippen molar-refractivity contribution in [3.63, 3.8) is 0 Å². The minimum atomic E-state index is -0.542. The van der Waals surface area contributed by atoms with Crippen molar-refractivity contribution in [2.75, 3.05) is 0 Å². The Morgan fingerprint density at radius 3 is 1.93 bits per heavy atom. The molecule has 1 atom stereocenters. The summed E-state index contributed by atoms with van der Waals surface area (Å²) >= 11 is 2.24. The molecule has 72 heavy (non-hydrogen) atoms. The van der Waals surface area contributed by atoms with E-state index >= 15 is 0 Å². The monoisotopic (exact) mass is 1130 g/mol. The van der Waals surface area contributed by atoms with Gasteiger partial charge in [-0.25, -0.2) is 0 Å². The first-order valence-electron chi connectivity index (χ1n) is 29.4. The molecule has 0 saturated heterocycles. The van der Waals surface area contributed by atoms with Crippen LogP contribution >= 0.6 is 0 Å². The standard InChI is InChI=1S/C66H58N4O.Pt/c1-43-35-62(67-41-57(43)45-29-31-48(32-30-45)65(2,3)4)70-58-26-15-14-25-53(58)54-34-33-52(40-61(54)70)71-51-24-18-23-50(39-51)68-42-69(60-28-17-16-27-59(60)68)64-56(44-19-10-8-11-20-44)37-47-36-49(66(5,6)7)38-55(47)63(64)46-21-12-9-13-22-46;/h8-35,37,39-41,49H,36,38H2,1-7H3;/i8D,9D,10D,11D,12D,13D,19D,20D,21D,22D;. The third-order valence-electron chi connectivity index (χ3n) is 14.4. The van der Waals surface area contributed by atoms with Gasteiger partial charge in [-0.3, -0.25) is 0 Å². The minimum absolute atomic E-state index is 0.0299. The van der Waals surface area contributed by atoms with Crippen LogP contribution in [0.4, 0.5) is 0 Å². The summed E-state index contributed by atoms with van der Waals surface area (Å²) in [6.45, 7) is 15.2. The molecule has 8 aromatic carbocycles. The number of rotatable bonds is 8. The second-order valence-electron chi connectivity index (χ2n) is 21.0. The quantitative estimate of drug-likeness (QED) is 0.152. The molecule has 3 heterocycles. The van der Waals surface area contributed by atoms with Crippen molar-refractivity contribution in [1.82, 2.24) is 18.7 Å². The van der Waals surface area contributed by atoms with E-state index in [-0.39, 0.29) is 33.4 Å². The van der Waals surface area contributed by atoms with E-state index in [1.54, 1.807) is 0 Å². The molecule has 0 spiro atoms. The van der Waals surface area contributed by atoms with E-state index in [0.29, 0.717) is 50.6 Å². The molecule has 0 radical (unpaired) electrons. The zero-order chi connectivity index (χ0) is 58.2. The molecule has 358 valence electrons. The first-order chi connectivity index (χ1) is 38.9. The topological polar surface area (TPSA) is 36.9 Å². The summed E-state index contributed by atoms with van der Waals surface area (Å²) in [6.07, 6.45) is 3.01. The first kappa shape index (κ1) is 35.7. The zero-order valence-electron chi connectivity index (χ0n) is 51.2. The van der Waals surface area contributed by atoms with Crippen LogP contribution in [-0.4, -0.2) is 18.7 Å². The van der Waals surface area contributed by atoms with E-state index in [9.17, 15) is 5.48 Å². The molecule has 0 fully saturated rings. The number of ether oxygens (including phenoxy) is 1. The molecule has 5 nitrogen and oxygen atoms in total. The van der Waals surface area contributed by atoms with Crippen LogP contribution in [-0.2, 0) is 37.6 Å². The Balaban J connectivity index is 1.03. The molecule has 12 rings (SSSR count). The van der Waals surface area contributed by atoms with Gasteiger partial charge in [0.05, 0.1) is 0 Å². The van der Waals surface area contributed by atoms with Crippen LogP contribution < -0.4 is 4.74 Å². The van der Waals surface area contributed by atoms with E-state index in [0.717, 1.165) is 61.0 Å². The van der Waals surface area contributed by atoms with Crippen LogP contribution in [0.2, 0.25) is 0 Å². The van der Waals surface area contributed by atoms with Gasteiger partial charge in [-0.15, -0.1) is 0 Å². The average Bonchev–Trinajstić information content (AvgIpc) is 4.32. The van der Waals surface area contributed by atoms with Crippen molar-refractivity contribution in [2.45, 2.75) is 66.7 Å². The Hall–Kier alpha value is -7.33. The van der Waals surface area contributed by atoms with Gasteiger partial charge in [0.2, 0.25) is 0 Å². The van der Waals surface area contributed by atoms with Gasteiger partial charge in [0.1, 0.15) is 0 Å². The molecule has 0 aliphatic heterocycles. The van der Waals surface area contributed by atoms with Crippen LogP contribution in [0.25, 0.3) is 83.4 Å². The summed E-state index contributed by atoms with van der Waals surface area (Å²) in [4.78, 5) is 5.09. The van der Waals surface area contributed by atoms with E-state index in [2.05, 4.69) is 121 Å². The zero-order valence-corrected chi connectivity index (χ0v) is 43.5.